The standard InChI is InChI=1S/C18H25NO4/c1-7-12(3)22-16(20)13(4)19-14-10-11(2)8-9-15(14)23-18(5,6)17(19)21/h8-10,12-13H,7H2,1-6H3. The summed E-state index contributed by atoms with van der Waals surface area (Å²) in [5.41, 5.74) is 0.586. The van der Waals surface area contributed by atoms with E-state index in [1.165, 1.54) is 4.90 Å². The van der Waals surface area contributed by atoms with Crippen LogP contribution < -0.4 is 9.64 Å². The number of anilines is 1. The molecule has 0 spiro atoms. The first kappa shape index (κ1) is 17.3. The van der Waals surface area contributed by atoms with E-state index in [0.29, 0.717) is 11.4 Å². The number of hydrogen-bond acceptors (Lipinski definition) is 4. The summed E-state index contributed by atoms with van der Waals surface area (Å²) in [6.45, 7) is 10.8. The number of benzene rings is 1. The number of carbonyl (C=O) groups is 2. The Bertz CT molecular complexity index is 623. The smallest absolute Gasteiger partial charge is 0.329 e. The molecule has 1 heterocycles. The minimum absolute atomic E-state index is 0.175. The second-order valence-electron chi connectivity index (χ2n) is 6.59. The molecule has 126 valence electrons. The number of hydrogen-bond donors (Lipinski definition) is 0. The fourth-order valence-electron chi connectivity index (χ4n) is 2.49. The largest absolute Gasteiger partial charge is 0.476 e. The lowest BCUT2D eigenvalue weighted by Gasteiger charge is -2.41. The zero-order chi connectivity index (χ0) is 17.4. The van der Waals surface area contributed by atoms with Crippen LogP contribution in [0.4, 0.5) is 5.69 Å². The zero-order valence-electron chi connectivity index (χ0n) is 14.7. The first-order valence-corrected chi connectivity index (χ1v) is 8.01. The fraction of sp³-hybridized carbons (Fsp3) is 0.556. The predicted molar refractivity (Wildman–Crippen MR) is 88.7 cm³/mol. The van der Waals surface area contributed by atoms with Gasteiger partial charge >= 0.3 is 5.97 Å². The third-order valence-corrected chi connectivity index (χ3v) is 4.09. The maximum atomic E-state index is 12.8. The van der Waals surface area contributed by atoms with E-state index in [2.05, 4.69) is 0 Å². The Morgan fingerprint density at radius 2 is 2.00 bits per heavy atom. The SMILES string of the molecule is CCC(C)OC(=O)C(C)N1C(=O)C(C)(C)Oc2ccc(C)cc21. The van der Waals surface area contributed by atoms with Gasteiger partial charge in [0.1, 0.15) is 11.8 Å². The van der Waals surface area contributed by atoms with Crippen molar-refractivity contribution < 1.29 is 19.1 Å². The third kappa shape index (κ3) is 3.33. The molecule has 5 heteroatoms. The van der Waals surface area contributed by atoms with Gasteiger partial charge in [-0.3, -0.25) is 9.69 Å². The maximum Gasteiger partial charge on any atom is 0.329 e. The van der Waals surface area contributed by atoms with Gasteiger partial charge in [0.15, 0.2) is 5.60 Å². The number of aryl methyl sites for hydroxylation is 1. The van der Waals surface area contributed by atoms with E-state index in [1.807, 2.05) is 39.0 Å². The summed E-state index contributed by atoms with van der Waals surface area (Å²) in [7, 11) is 0. The second kappa shape index (κ2) is 6.22. The molecule has 0 radical (unpaired) electrons. The Balaban J connectivity index is 2.41. The molecule has 0 aromatic heterocycles. The molecule has 2 rings (SSSR count). The van der Waals surface area contributed by atoms with Crippen LogP contribution in [0.5, 0.6) is 5.75 Å². The summed E-state index contributed by atoms with van der Waals surface area (Å²) in [5.74, 6) is -0.0505. The number of fused-ring (bicyclic) bond motifs is 1. The van der Waals surface area contributed by atoms with Crippen molar-refractivity contribution in [2.45, 2.75) is 65.7 Å². The monoisotopic (exact) mass is 319 g/mol. The molecule has 0 saturated heterocycles. The van der Waals surface area contributed by atoms with Gasteiger partial charge in [-0.1, -0.05) is 13.0 Å². The molecule has 2 unspecified atom stereocenters. The summed E-state index contributed by atoms with van der Waals surface area (Å²) >= 11 is 0. The van der Waals surface area contributed by atoms with Crippen molar-refractivity contribution in [3.05, 3.63) is 23.8 Å². The topological polar surface area (TPSA) is 55.8 Å². The van der Waals surface area contributed by atoms with Crippen molar-refractivity contribution >= 4 is 17.6 Å². The summed E-state index contributed by atoms with van der Waals surface area (Å²) in [6.07, 6.45) is 0.558. The summed E-state index contributed by atoms with van der Waals surface area (Å²) < 4.78 is 11.2. The number of nitrogens with zero attached hydrogens (tertiary/aromatic N) is 1. The Labute approximate surface area is 137 Å². The van der Waals surface area contributed by atoms with Gasteiger partial charge in [-0.05, 0) is 58.7 Å². The van der Waals surface area contributed by atoms with Crippen LogP contribution >= 0.6 is 0 Å². The van der Waals surface area contributed by atoms with Crippen LogP contribution in [-0.4, -0.2) is 29.6 Å². The van der Waals surface area contributed by atoms with E-state index >= 15 is 0 Å². The molecule has 0 aliphatic carbocycles. The quantitative estimate of drug-likeness (QED) is 0.800. The third-order valence-electron chi connectivity index (χ3n) is 4.09. The molecule has 0 N–H and O–H groups in total. The Morgan fingerprint density at radius 1 is 1.35 bits per heavy atom. The molecule has 1 aromatic rings. The normalized spacial score (nSPS) is 18.7. The van der Waals surface area contributed by atoms with Crippen LogP contribution in [0, 0.1) is 6.92 Å². The number of carbonyl (C=O) groups excluding carboxylic acids is 2. The average molecular weight is 319 g/mol. The summed E-state index contributed by atoms with van der Waals surface area (Å²) in [4.78, 5) is 26.7. The lowest BCUT2D eigenvalue weighted by Crippen LogP contribution is -2.57. The highest BCUT2D eigenvalue weighted by molar-refractivity contribution is 6.06. The minimum atomic E-state index is -1.02. The fourth-order valence-corrected chi connectivity index (χ4v) is 2.49. The molecular formula is C18H25NO4. The van der Waals surface area contributed by atoms with Crippen LogP contribution in [0.25, 0.3) is 0 Å². The van der Waals surface area contributed by atoms with Gasteiger partial charge in [0, 0.05) is 0 Å². The first-order chi connectivity index (χ1) is 10.7. The summed E-state index contributed by atoms with van der Waals surface area (Å²) in [5, 5.41) is 0. The number of amides is 1. The molecule has 0 bridgehead atoms. The van der Waals surface area contributed by atoms with Crippen molar-refractivity contribution in [2.24, 2.45) is 0 Å². The number of esters is 1. The van der Waals surface area contributed by atoms with E-state index in [1.54, 1.807) is 20.8 Å². The molecule has 23 heavy (non-hydrogen) atoms. The highest BCUT2D eigenvalue weighted by atomic mass is 16.5. The van der Waals surface area contributed by atoms with E-state index in [-0.39, 0.29) is 12.0 Å². The van der Waals surface area contributed by atoms with Crippen molar-refractivity contribution in [2.75, 3.05) is 4.90 Å². The number of ether oxygens (including phenoxy) is 2. The van der Waals surface area contributed by atoms with Gasteiger partial charge in [0.05, 0.1) is 11.8 Å². The van der Waals surface area contributed by atoms with E-state index in [9.17, 15) is 9.59 Å². The lowest BCUT2D eigenvalue weighted by atomic mass is 10.0. The number of rotatable bonds is 4. The second-order valence-corrected chi connectivity index (χ2v) is 6.59. The van der Waals surface area contributed by atoms with Crippen molar-refractivity contribution in [1.82, 2.24) is 0 Å². The van der Waals surface area contributed by atoms with Gasteiger partial charge < -0.3 is 9.47 Å². The molecule has 2 atom stereocenters. The molecule has 1 amide bonds. The van der Waals surface area contributed by atoms with Gasteiger partial charge in [-0.2, -0.15) is 0 Å². The van der Waals surface area contributed by atoms with E-state index < -0.39 is 17.6 Å². The van der Waals surface area contributed by atoms with E-state index in [0.717, 1.165) is 12.0 Å². The van der Waals surface area contributed by atoms with Crippen LogP contribution in [0.1, 0.15) is 46.6 Å². The Kier molecular flexibility index (Phi) is 4.68. The van der Waals surface area contributed by atoms with Crippen LogP contribution in [-0.2, 0) is 14.3 Å². The molecule has 0 saturated carbocycles. The van der Waals surface area contributed by atoms with Crippen molar-refractivity contribution in [3.63, 3.8) is 0 Å². The highest BCUT2D eigenvalue weighted by Gasteiger charge is 2.44. The Morgan fingerprint density at radius 3 is 2.61 bits per heavy atom. The molecular weight excluding hydrogens is 294 g/mol. The van der Waals surface area contributed by atoms with Crippen molar-refractivity contribution in [1.29, 1.82) is 0 Å². The van der Waals surface area contributed by atoms with Crippen LogP contribution in [0.15, 0.2) is 18.2 Å². The van der Waals surface area contributed by atoms with Gasteiger partial charge in [-0.25, -0.2) is 4.79 Å². The van der Waals surface area contributed by atoms with Gasteiger partial charge in [0.2, 0.25) is 0 Å². The van der Waals surface area contributed by atoms with Gasteiger partial charge in [-0.15, -0.1) is 0 Å². The Hall–Kier alpha value is -2.04. The zero-order valence-corrected chi connectivity index (χ0v) is 14.7. The lowest BCUT2D eigenvalue weighted by molar-refractivity contribution is -0.151. The maximum absolute atomic E-state index is 12.8. The first-order valence-electron chi connectivity index (χ1n) is 8.01. The van der Waals surface area contributed by atoms with Crippen molar-refractivity contribution in [3.8, 4) is 5.75 Å². The predicted octanol–water partition coefficient (Wildman–Crippen LogP) is 3.23. The van der Waals surface area contributed by atoms with Gasteiger partial charge in [0.25, 0.3) is 5.91 Å². The average Bonchev–Trinajstić information content (AvgIpc) is 2.48. The molecule has 5 nitrogen and oxygen atoms in total. The summed E-state index contributed by atoms with van der Waals surface area (Å²) in [6, 6.07) is 4.90. The minimum Gasteiger partial charge on any atom is -0.476 e. The molecule has 1 aliphatic heterocycles. The van der Waals surface area contributed by atoms with E-state index in [4.69, 9.17) is 9.47 Å². The molecule has 1 aliphatic rings. The van der Waals surface area contributed by atoms with Crippen LogP contribution in [0.2, 0.25) is 0 Å². The molecule has 1 aromatic carbocycles. The highest BCUT2D eigenvalue weighted by Crippen LogP contribution is 2.39. The van der Waals surface area contributed by atoms with Crippen LogP contribution in [0.3, 0.4) is 0 Å². The molecule has 0 fully saturated rings.